The summed E-state index contributed by atoms with van der Waals surface area (Å²) in [5.74, 6) is -0.719. The number of nitrogens with zero attached hydrogens (tertiary/aromatic N) is 1. The fraction of sp³-hybridized carbons (Fsp3) is 0.278. The van der Waals surface area contributed by atoms with Gasteiger partial charge < -0.3 is 4.90 Å². The highest BCUT2D eigenvalue weighted by molar-refractivity contribution is 7.89. The lowest BCUT2D eigenvalue weighted by Gasteiger charge is -2.17. The minimum absolute atomic E-state index is 0.137. The Bertz CT molecular complexity index is 864. The van der Waals surface area contributed by atoms with E-state index in [0.717, 1.165) is 12.0 Å². The average Bonchev–Trinajstić information content (AvgIpc) is 2.96. The first-order valence-electron chi connectivity index (χ1n) is 8.09. The van der Waals surface area contributed by atoms with E-state index in [1.54, 1.807) is 24.3 Å². The molecule has 1 heterocycles. The number of halogens is 1. The Morgan fingerprint density at radius 3 is 2.36 bits per heavy atom. The van der Waals surface area contributed by atoms with Crippen molar-refractivity contribution in [3.8, 4) is 0 Å². The van der Waals surface area contributed by atoms with Crippen LogP contribution in [0, 0.1) is 5.82 Å². The zero-order valence-electron chi connectivity index (χ0n) is 13.8. The van der Waals surface area contributed by atoms with Crippen LogP contribution in [-0.2, 0) is 21.2 Å². The Hall–Kier alpha value is -2.25. The van der Waals surface area contributed by atoms with Crippen molar-refractivity contribution in [2.24, 2.45) is 0 Å². The van der Waals surface area contributed by atoms with Gasteiger partial charge in [0.2, 0.25) is 15.9 Å². The lowest BCUT2D eigenvalue weighted by atomic mass is 10.2. The molecule has 2 aromatic carbocycles. The Morgan fingerprint density at radius 2 is 1.76 bits per heavy atom. The van der Waals surface area contributed by atoms with Crippen molar-refractivity contribution in [1.82, 2.24) is 4.72 Å². The molecule has 0 unspecified atom stereocenters. The van der Waals surface area contributed by atoms with Gasteiger partial charge >= 0.3 is 0 Å². The Kier molecular flexibility index (Phi) is 4.87. The summed E-state index contributed by atoms with van der Waals surface area (Å²) in [6.45, 7) is 2.37. The molecule has 3 rings (SSSR count). The van der Waals surface area contributed by atoms with Crippen LogP contribution < -0.4 is 9.62 Å². The number of benzene rings is 2. The quantitative estimate of drug-likeness (QED) is 0.889. The Morgan fingerprint density at radius 1 is 1.12 bits per heavy atom. The molecule has 0 aliphatic carbocycles. The number of nitrogens with one attached hydrogen (secondary N) is 1. The molecule has 0 aromatic heterocycles. The maximum Gasteiger partial charge on any atom is 0.245 e. The van der Waals surface area contributed by atoms with Crippen molar-refractivity contribution in [1.29, 1.82) is 0 Å². The first-order chi connectivity index (χ1) is 11.9. The summed E-state index contributed by atoms with van der Waals surface area (Å²) < 4.78 is 40.5. The highest BCUT2D eigenvalue weighted by atomic mass is 32.2. The number of hydrogen-bond donors (Lipinski definition) is 1. The number of carbonyl (C=O) groups excluding carboxylic acids is 1. The molecule has 5 nitrogen and oxygen atoms in total. The van der Waals surface area contributed by atoms with Gasteiger partial charge in [0.05, 0.1) is 4.90 Å². The standard InChI is InChI=1S/C18H19FN2O3S/c1-2-13-3-9-16(10-4-13)25(23,24)20-17-11-12-21(18(17)22)15-7-5-14(19)6-8-15/h3-10,17,20H,2,11-12H2,1H3/t17-/m0/s1. The van der Waals surface area contributed by atoms with E-state index in [4.69, 9.17) is 0 Å². The van der Waals surface area contributed by atoms with Crippen LogP contribution in [0.2, 0.25) is 0 Å². The van der Waals surface area contributed by atoms with Crippen LogP contribution in [-0.4, -0.2) is 26.9 Å². The monoisotopic (exact) mass is 362 g/mol. The number of aryl methyl sites for hydroxylation is 1. The lowest BCUT2D eigenvalue weighted by Crippen LogP contribution is -2.41. The zero-order valence-corrected chi connectivity index (χ0v) is 14.6. The van der Waals surface area contributed by atoms with Gasteiger partial charge in [0, 0.05) is 12.2 Å². The largest absolute Gasteiger partial charge is 0.311 e. The molecule has 1 aliphatic heterocycles. The fourth-order valence-corrected chi connectivity index (χ4v) is 4.05. The highest BCUT2D eigenvalue weighted by Crippen LogP contribution is 2.23. The maximum atomic E-state index is 13.0. The van der Waals surface area contributed by atoms with E-state index < -0.39 is 16.1 Å². The topological polar surface area (TPSA) is 66.5 Å². The summed E-state index contributed by atoms with van der Waals surface area (Å²) in [6, 6.07) is 11.3. The molecular weight excluding hydrogens is 343 g/mol. The number of carbonyl (C=O) groups is 1. The molecule has 2 aromatic rings. The number of sulfonamides is 1. The second-order valence-corrected chi connectivity index (χ2v) is 7.64. The van der Waals surface area contributed by atoms with Crippen molar-refractivity contribution in [2.75, 3.05) is 11.4 Å². The summed E-state index contributed by atoms with van der Waals surface area (Å²) in [7, 11) is -3.77. The smallest absolute Gasteiger partial charge is 0.245 e. The maximum absolute atomic E-state index is 13.0. The fourth-order valence-electron chi connectivity index (χ4n) is 2.83. The van der Waals surface area contributed by atoms with Crippen LogP contribution in [0.15, 0.2) is 53.4 Å². The van der Waals surface area contributed by atoms with Crippen molar-refractivity contribution < 1.29 is 17.6 Å². The Balaban J connectivity index is 1.74. The molecule has 0 spiro atoms. The molecule has 1 fully saturated rings. The third-order valence-electron chi connectivity index (χ3n) is 4.28. The summed E-state index contributed by atoms with van der Waals surface area (Å²) in [5.41, 5.74) is 1.60. The zero-order chi connectivity index (χ0) is 18.0. The third-order valence-corrected chi connectivity index (χ3v) is 5.77. The van der Waals surface area contributed by atoms with Crippen LogP contribution in [0.3, 0.4) is 0 Å². The van der Waals surface area contributed by atoms with Gasteiger partial charge in [-0.25, -0.2) is 12.8 Å². The second kappa shape index (κ2) is 6.93. The second-order valence-electron chi connectivity index (χ2n) is 5.93. The molecule has 1 saturated heterocycles. The molecule has 1 aliphatic rings. The summed E-state index contributed by atoms with van der Waals surface area (Å²) in [4.78, 5) is 14.1. The van der Waals surface area contributed by atoms with E-state index in [1.807, 2.05) is 6.92 Å². The van der Waals surface area contributed by atoms with Crippen LogP contribution in [0.25, 0.3) is 0 Å². The predicted molar refractivity (Wildman–Crippen MR) is 93.3 cm³/mol. The number of amides is 1. The van der Waals surface area contributed by atoms with E-state index in [2.05, 4.69) is 4.72 Å². The molecule has 7 heteroatoms. The van der Waals surface area contributed by atoms with Crippen LogP contribution in [0.5, 0.6) is 0 Å². The van der Waals surface area contributed by atoms with Gasteiger partial charge in [-0.3, -0.25) is 4.79 Å². The van der Waals surface area contributed by atoms with Gasteiger partial charge in [-0.2, -0.15) is 4.72 Å². The molecule has 1 atom stereocenters. The van der Waals surface area contributed by atoms with E-state index >= 15 is 0 Å². The van der Waals surface area contributed by atoms with Crippen molar-refractivity contribution >= 4 is 21.6 Å². The highest BCUT2D eigenvalue weighted by Gasteiger charge is 2.35. The predicted octanol–water partition coefficient (Wildman–Crippen LogP) is 2.47. The van der Waals surface area contributed by atoms with E-state index in [9.17, 15) is 17.6 Å². The average molecular weight is 362 g/mol. The van der Waals surface area contributed by atoms with Gasteiger partial charge in [-0.15, -0.1) is 0 Å². The lowest BCUT2D eigenvalue weighted by molar-refractivity contribution is -0.118. The molecule has 0 saturated carbocycles. The van der Waals surface area contributed by atoms with Gasteiger partial charge in [0.1, 0.15) is 11.9 Å². The van der Waals surface area contributed by atoms with Gasteiger partial charge in [-0.1, -0.05) is 19.1 Å². The molecule has 0 radical (unpaired) electrons. The van der Waals surface area contributed by atoms with E-state index in [1.165, 1.54) is 29.2 Å². The summed E-state index contributed by atoms with van der Waals surface area (Å²) in [5, 5.41) is 0. The minimum Gasteiger partial charge on any atom is -0.311 e. The van der Waals surface area contributed by atoms with Gasteiger partial charge in [0.25, 0.3) is 0 Å². The van der Waals surface area contributed by atoms with Crippen LogP contribution in [0.4, 0.5) is 10.1 Å². The summed E-state index contributed by atoms with van der Waals surface area (Å²) >= 11 is 0. The van der Waals surface area contributed by atoms with Crippen molar-refractivity contribution in [2.45, 2.75) is 30.7 Å². The first-order valence-corrected chi connectivity index (χ1v) is 9.57. The van der Waals surface area contributed by atoms with E-state index in [0.29, 0.717) is 18.7 Å². The number of rotatable bonds is 5. The van der Waals surface area contributed by atoms with Crippen LogP contribution in [0.1, 0.15) is 18.9 Å². The van der Waals surface area contributed by atoms with Crippen LogP contribution >= 0.6 is 0 Å². The van der Waals surface area contributed by atoms with Gasteiger partial charge in [0.15, 0.2) is 0 Å². The molecule has 25 heavy (non-hydrogen) atoms. The molecule has 1 amide bonds. The molecule has 0 bridgehead atoms. The van der Waals surface area contributed by atoms with Gasteiger partial charge in [-0.05, 0) is 54.8 Å². The van der Waals surface area contributed by atoms with Crippen molar-refractivity contribution in [3.05, 3.63) is 59.9 Å². The molecule has 132 valence electrons. The SMILES string of the molecule is CCc1ccc(S(=O)(=O)N[C@H]2CCN(c3ccc(F)cc3)C2=O)cc1. The molecular formula is C18H19FN2O3S. The number of anilines is 1. The molecule has 1 N–H and O–H groups in total. The number of hydrogen-bond acceptors (Lipinski definition) is 3. The van der Waals surface area contributed by atoms with E-state index in [-0.39, 0.29) is 16.6 Å². The van der Waals surface area contributed by atoms with Crippen molar-refractivity contribution in [3.63, 3.8) is 0 Å². The first kappa shape index (κ1) is 17.6. The minimum atomic E-state index is -3.77. The normalized spacial score (nSPS) is 17.9. The Labute approximate surface area is 146 Å². The third kappa shape index (κ3) is 3.72. The summed E-state index contributed by atoms with van der Waals surface area (Å²) in [6.07, 6.45) is 1.18.